The first-order chi connectivity index (χ1) is 8.54. The van der Waals surface area contributed by atoms with Crippen LogP contribution in [0.3, 0.4) is 0 Å². The summed E-state index contributed by atoms with van der Waals surface area (Å²) in [5, 5.41) is 0.664. The molecule has 1 aromatic rings. The summed E-state index contributed by atoms with van der Waals surface area (Å²) in [6.45, 7) is 2.98. The highest BCUT2D eigenvalue weighted by Crippen LogP contribution is 2.12. The maximum atomic E-state index is 12.0. The average Bonchev–Trinajstić information content (AvgIpc) is 2.36. The van der Waals surface area contributed by atoms with Crippen molar-refractivity contribution >= 4 is 29.1 Å². The number of hydrogen-bond donors (Lipinski definition) is 0. The number of Topliss-reactive ketones (excluding diaryl/α,β-unsaturated/α-hetero) is 1. The van der Waals surface area contributed by atoms with Crippen LogP contribution in [0.1, 0.15) is 23.7 Å². The third-order valence-electron chi connectivity index (χ3n) is 3.02. The summed E-state index contributed by atoms with van der Waals surface area (Å²) in [6, 6.07) is 7.59. The molecule has 0 bridgehead atoms. The van der Waals surface area contributed by atoms with Crippen molar-refractivity contribution in [3.8, 4) is 0 Å². The van der Waals surface area contributed by atoms with E-state index < -0.39 is 0 Å². The van der Waals surface area contributed by atoms with E-state index in [1.807, 2.05) is 11.8 Å². The molecule has 0 aliphatic carbocycles. The van der Waals surface area contributed by atoms with E-state index in [1.54, 1.807) is 24.3 Å². The molecule has 0 heterocycles. The van der Waals surface area contributed by atoms with Crippen LogP contribution in [0.15, 0.2) is 24.3 Å². The van der Waals surface area contributed by atoms with E-state index in [0.717, 1.165) is 17.9 Å². The van der Waals surface area contributed by atoms with Gasteiger partial charge in [0, 0.05) is 35.3 Å². The van der Waals surface area contributed by atoms with Gasteiger partial charge in [-0.15, -0.1) is 0 Å². The smallest absolute Gasteiger partial charge is 0.164 e. The second-order valence-electron chi connectivity index (χ2n) is 4.47. The van der Waals surface area contributed by atoms with Gasteiger partial charge in [-0.2, -0.15) is 11.8 Å². The van der Waals surface area contributed by atoms with E-state index in [0.29, 0.717) is 17.5 Å². The Morgan fingerprint density at radius 3 is 2.56 bits per heavy atom. The fraction of sp³-hybridized carbons (Fsp3) is 0.500. The Kier molecular flexibility index (Phi) is 6.76. The number of carbonyl (C=O) groups excluding carboxylic acids is 1. The molecule has 0 fully saturated rings. The van der Waals surface area contributed by atoms with Crippen LogP contribution in [0, 0.1) is 0 Å². The molecule has 0 radical (unpaired) electrons. The zero-order chi connectivity index (χ0) is 13.5. The van der Waals surface area contributed by atoms with E-state index in [4.69, 9.17) is 11.6 Å². The molecule has 0 saturated heterocycles. The minimum Gasteiger partial charge on any atom is -0.302 e. The van der Waals surface area contributed by atoms with Crippen molar-refractivity contribution in [1.29, 1.82) is 0 Å². The van der Waals surface area contributed by atoms with E-state index >= 15 is 0 Å². The molecule has 0 saturated carbocycles. The van der Waals surface area contributed by atoms with Crippen molar-refractivity contribution in [2.24, 2.45) is 0 Å². The molecule has 2 nitrogen and oxygen atoms in total. The van der Waals surface area contributed by atoms with Crippen LogP contribution in [0.5, 0.6) is 0 Å². The van der Waals surface area contributed by atoms with E-state index in [9.17, 15) is 4.79 Å². The topological polar surface area (TPSA) is 20.3 Å². The minimum absolute atomic E-state index is 0.176. The van der Waals surface area contributed by atoms with Crippen LogP contribution < -0.4 is 0 Å². The molecule has 18 heavy (non-hydrogen) atoms. The predicted octanol–water partition coefficient (Wildman–Crippen LogP) is 3.60. The van der Waals surface area contributed by atoms with E-state index in [2.05, 4.69) is 25.1 Å². The SMILES string of the molecule is CSCC(C)N(C)CCC(=O)c1ccc(Cl)cc1. The summed E-state index contributed by atoms with van der Waals surface area (Å²) in [5.41, 5.74) is 0.741. The Labute approximate surface area is 119 Å². The van der Waals surface area contributed by atoms with Crippen molar-refractivity contribution in [3.63, 3.8) is 0 Å². The van der Waals surface area contributed by atoms with E-state index in [-0.39, 0.29) is 5.78 Å². The van der Waals surface area contributed by atoms with Gasteiger partial charge < -0.3 is 4.90 Å². The zero-order valence-corrected chi connectivity index (χ0v) is 12.7. The van der Waals surface area contributed by atoms with Crippen LogP contribution in [0.2, 0.25) is 5.02 Å². The van der Waals surface area contributed by atoms with Gasteiger partial charge in [0.05, 0.1) is 0 Å². The van der Waals surface area contributed by atoms with Crippen LogP contribution in [-0.4, -0.2) is 42.3 Å². The lowest BCUT2D eigenvalue weighted by atomic mass is 10.1. The summed E-state index contributed by atoms with van der Waals surface area (Å²) < 4.78 is 0. The quantitative estimate of drug-likeness (QED) is 0.714. The zero-order valence-electron chi connectivity index (χ0n) is 11.1. The Morgan fingerprint density at radius 2 is 2.00 bits per heavy atom. The van der Waals surface area contributed by atoms with E-state index in [1.165, 1.54) is 0 Å². The number of ketones is 1. The summed E-state index contributed by atoms with van der Waals surface area (Å²) in [4.78, 5) is 14.2. The van der Waals surface area contributed by atoms with Gasteiger partial charge in [-0.1, -0.05) is 11.6 Å². The molecule has 0 spiro atoms. The Hall–Kier alpha value is -0.510. The fourth-order valence-electron chi connectivity index (χ4n) is 1.65. The Bertz CT molecular complexity index is 380. The van der Waals surface area contributed by atoms with Gasteiger partial charge >= 0.3 is 0 Å². The second-order valence-corrected chi connectivity index (χ2v) is 5.81. The maximum absolute atomic E-state index is 12.0. The highest BCUT2D eigenvalue weighted by molar-refractivity contribution is 7.98. The molecule has 1 atom stereocenters. The Morgan fingerprint density at radius 1 is 1.39 bits per heavy atom. The standard InChI is InChI=1S/C14H20ClNOS/c1-11(10-18-3)16(2)9-8-14(17)12-4-6-13(15)7-5-12/h4-7,11H,8-10H2,1-3H3. The predicted molar refractivity (Wildman–Crippen MR) is 80.9 cm³/mol. The van der Waals surface area contributed by atoms with Crippen molar-refractivity contribution in [2.45, 2.75) is 19.4 Å². The average molecular weight is 286 g/mol. The lowest BCUT2D eigenvalue weighted by Crippen LogP contribution is -2.32. The highest BCUT2D eigenvalue weighted by Gasteiger charge is 2.11. The molecule has 0 aromatic heterocycles. The highest BCUT2D eigenvalue weighted by atomic mass is 35.5. The molecular weight excluding hydrogens is 266 g/mol. The van der Waals surface area contributed by atoms with Gasteiger partial charge in [0.15, 0.2) is 5.78 Å². The summed E-state index contributed by atoms with van der Waals surface area (Å²) in [6.07, 6.45) is 2.65. The normalized spacial score (nSPS) is 12.7. The van der Waals surface area contributed by atoms with Gasteiger partial charge in [0.2, 0.25) is 0 Å². The maximum Gasteiger partial charge on any atom is 0.164 e. The molecule has 0 aliphatic rings. The summed E-state index contributed by atoms with van der Waals surface area (Å²) >= 11 is 7.63. The van der Waals surface area contributed by atoms with Crippen LogP contribution in [-0.2, 0) is 0 Å². The molecular formula is C14H20ClNOS. The van der Waals surface area contributed by atoms with Crippen LogP contribution in [0.25, 0.3) is 0 Å². The van der Waals surface area contributed by atoms with Gasteiger partial charge in [0.1, 0.15) is 0 Å². The molecule has 100 valence electrons. The first-order valence-electron chi connectivity index (χ1n) is 6.02. The van der Waals surface area contributed by atoms with Crippen LogP contribution in [0.4, 0.5) is 0 Å². The number of benzene rings is 1. The van der Waals surface area contributed by atoms with Crippen molar-refractivity contribution in [1.82, 2.24) is 4.90 Å². The van der Waals surface area contributed by atoms with Crippen molar-refractivity contribution in [2.75, 3.05) is 25.6 Å². The first-order valence-corrected chi connectivity index (χ1v) is 7.79. The molecule has 4 heteroatoms. The third kappa shape index (κ3) is 5.01. The van der Waals surface area contributed by atoms with Crippen molar-refractivity contribution in [3.05, 3.63) is 34.9 Å². The van der Waals surface area contributed by atoms with Crippen molar-refractivity contribution < 1.29 is 4.79 Å². The number of rotatable bonds is 7. The fourth-order valence-corrected chi connectivity index (χ4v) is 2.51. The second kappa shape index (κ2) is 7.82. The first kappa shape index (κ1) is 15.5. The lowest BCUT2D eigenvalue weighted by molar-refractivity contribution is 0.0964. The molecule has 0 aliphatic heterocycles. The molecule has 1 rings (SSSR count). The minimum atomic E-state index is 0.176. The molecule has 1 aromatic carbocycles. The summed E-state index contributed by atoms with van der Waals surface area (Å²) in [5.74, 6) is 1.26. The van der Waals surface area contributed by atoms with Gasteiger partial charge in [-0.3, -0.25) is 4.79 Å². The third-order valence-corrected chi connectivity index (χ3v) is 4.09. The van der Waals surface area contributed by atoms with Gasteiger partial charge in [-0.25, -0.2) is 0 Å². The number of hydrogen-bond acceptors (Lipinski definition) is 3. The number of thioether (sulfide) groups is 1. The number of carbonyl (C=O) groups is 1. The number of nitrogens with zero attached hydrogens (tertiary/aromatic N) is 1. The monoisotopic (exact) mass is 285 g/mol. The molecule has 0 amide bonds. The number of halogens is 1. The molecule has 1 unspecified atom stereocenters. The van der Waals surface area contributed by atoms with Gasteiger partial charge in [0.25, 0.3) is 0 Å². The summed E-state index contributed by atoms with van der Waals surface area (Å²) in [7, 11) is 2.07. The van der Waals surface area contributed by atoms with Gasteiger partial charge in [-0.05, 0) is 44.5 Å². The Balaban J connectivity index is 2.43. The van der Waals surface area contributed by atoms with Crippen LogP contribution >= 0.6 is 23.4 Å². The largest absolute Gasteiger partial charge is 0.302 e. The molecule has 0 N–H and O–H groups in total. The lowest BCUT2D eigenvalue weighted by Gasteiger charge is -2.23.